The van der Waals surface area contributed by atoms with Gasteiger partial charge in [0, 0.05) is 18.4 Å². The lowest BCUT2D eigenvalue weighted by Crippen LogP contribution is -2.14. The van der Waals surface area contributed by atoms with Gasteiger partial charge in [0.25, 0.3) is 0 Å². The molecule has 0 fully saturated rings. The highest BCUT2D eigenvalue weighted by molar-refractivity contribution is 6.31. The number of benzene rings is 1. The zero-order chi connectivity index (χ0) is 13.1. The minimum atomic E-state index is -0.0963. The average molecular weight is 261 g/mol. The molecule has 0 aliphatic carbocycles. The van der Waals surface area contributed by atoms with E-state index in [4.69, 9.17) is 17.3 Å². The molecule has 18 heavy (non-hydrogen) atoms. The topological polar surface area (TPSA) is 38.9 Å². The Balaban J connectivity index is 2.24. The van der Waals surface area contributed by atoms with E-state index in [-0.39, 0.29) is 6.04 Å². The number of aromatic nitrogens is 1. The summed E-state index contributed by atoms with van der Waals surface area (Å²) in [5, 5.41) is 0.635. The third kappa shape index (κ3) is 2.89. The fourth-order valence-electron chi connectivity index (χ4n) is 2.05. The van der Waals surface area contributed by atoms with Crippen LogP contribution in [0.5, 0.6) is 0 Å². The van der Waals surface area contributed by atoms with E-state index in [9.17, 15) is 0 Å². The molecule has 0 radical (unpaired) electrons. The molecule has 0 amide bonds. The van der Waals surface area contributed by atoms with Crippen molar-refractivity contribution in [3.05, 3.63) is 63.9 Å². The van der Waals surface area contributed by atoms with E-state index in [1.165, 1.54) is 16.7 Å². The van der Waals surface area contributed by atoms with Gasteiger partial charge in [-0.25, -0.2) is 0 Å². The van der Waals surface area contributed by atoms with Crippen molar-refractivity contribution in [2.75, 3.05) is 0 Å². The molecule has 1 atom stereocenters. The van der Waals surface area contributed by atoms with Crippen LogP contribution in [-0.2, 0) is 6.42 Å². The summed E-state index contributed by atoms with van der Waals surface area (Å²) >= 11 is 6.11. The van der Waals surface area contributed by atoms with Crippen LogP contribution in [0.3, 0.4) is 0 Å². The van der Waals surface area contributed by atoms with Crippen LogP contribution >= 0.6 is 11.6 Å². The zero-order valence-electron chi connectivity index (χ0n) is 10.7. The van der Waals surface area contributed by atoms with E-state index in [2.05, 4.69) is 37.0 Å². The lowest BCUT2D eigenvalue weighted by Gasteiger charge is -2.15. The van der Waals surface area contributed by atoms with Crippen molar-refractivity contribution in [2.24, 2.45) is 5.73 Å². The molecule has 1 unspecified atom stereocenters. The minimum Gasteiger partial charge on any atom is -0.324 e. The Hall–Kier alpha value is -1.38. The second kappa shape index (κ2) is 5.51. The molecule has 2 rings (SSSR count). The number of pyridine rings is 1. The number of aryl methyl sites for hydroxylation is 2. The summed E-state index contributed by atoms with van der Waals surface area (Å²) in [5.41, 5.74) is 11.0. The van der Waals surface area contributed by atoms with Crippen LogP contribution in [-0.4, -0.2) is 4.98 Å². The molecule has 0 saturated carbocycles. The Morgan fingerprint density at radius 3 is 2.78 bits per heavy atom. The van der Waals surface area contributed by atoms with Gasteiger partial charge in [-0.3, -0.25) is 4.98 Å². The summed E-state index contributed by atoms with van der Waals surface area (Å²) in [6, 6.07) is 8.22. The summed E-state index contributed by atoms with van der Waals surface area (Å²) in [7, 11) is 0. The molecule has 1 aromatic carbocycles. The van der Waals surface area contributed by atoms with Crippen LogP contribution in [0.25, 0.3) is 0 Å². The molecule has 2 N–H and O–H groups in total. The zero-order valence-corrected chi connectivity index (χ0v) is 11.4. The molecule has 0 saturated heterocycles. The van der Waals surface area contributed by atoms with E-state index >= 15 is 0 Å². The van der Waals surface area contributed by atoms with Crippen LogP contribution in [0, 0.1) is 13.8 Å². The Kier molecular flexibility index (Phi) is 4.00. The molecule has 0 aliphatic heterocycles. The van der Waals surface area contributed by atoms with E-state index in [0.29, 0.717) is 5.02 Å². The lowest BCUT2D eigenvalue weighted by molar-refractivity contribution is 0.717. The summed E-state index contributed by atoms with van der Waals surface area (Å²) in [6.07, 6.45) is 4.15. The Bertz CT molecular complexity index is 552. The van der Waals surface area contributed by atoms with E-state index in [0.717, 1.165) is 12.0 Å². The minimum absolute atomic E-state index is 0.0963. The van der Waals surface area contributed by atoms with Gasteiger partial charge in [0.1, 0.15) is 0 Å². The highest BCUT2D eigenvalue weighted by Gasteiger charge is 2.12. The first-order valence-electron chi connectivity index (χ1n) is 5.99. The number of nitrogens with two attached hydrogens (primary N) is 1. The second-order valence-electron chi connectivity index (χ2n) is 4.64. The quantitative estimate of drug-likeness (QED) is 0.916. The molecule has 1 heterocycles. The fraction of sp³-hybridized carbons (Fsp3) is 0.267. The first-order chi connectivity index (χ1) is 8.58. The van der Waals surface area contributed by atoms with Crippen molar-refractivity contribution in [1.82, 2.24) is 4.98 Å². The smallest absolute Gasteiger partial charge is 0.0637 e. The molecular formula is C15H17ClN2. The molecular weight excluding hydrogens is 244 g/mol. The Morgan fingerprint density at radius 2 is 2.06 bits per heavy atom. The largest absolute Gasteiger partial charge is 0.324 e. The van der Waals surface area contributed by atoms with Gasteiger partial charge in [-0.15, -0.1) is 0 Å². The van der Waals surface area contributed by atoms with Gasteiger partial charge < -0.3 is 5.73 Å². The van der Waals surface area contributed by atoms with Gasteiger partial charge in [-0.1, -0.05) is 35.4 Å². The summed E-state index contributed by atoms with van der Waals surface area (Å²) in [5.74, 6) is 0. The highest BCUT2D eigenvalue weighted by Crippen LogP contribution is 2.24. The van der Waals surface area contributed by atoms with Gasteiger partial charge in [0.05, 0.1) is 5.02 Å². The lowest BCUT2D eigenvalue weighted by atomic mass is 9.96. The van der Waals surface area contributed by atoms with Crippen LogP contribution in [0.4, 0.5) is 0 Å². The van der Waals surface area contributed by atoms with Crippen LogP contribution < -0.4 is 5.73 Å². The van der Waals surface area contributed by atoms with Gasteiger partial charge in [-0.05, 0) is 43.0 Å². The SMILES string of the molecule is Cc1ccc(C)c(CC(N)c2ccncc2Cl)c1. The Morgan fingerprint density at radius 1 is 1.28 bits per heavy atom. The standard InChI is InChI=1S/C15H17ClN2/c1-10-3-4-11(2)12(7-10)8-15(17)13-5-6-18-9-14(13)16/h3-7,9,15H,8,17H2,1-2H3. The summed E-state index contributed by atoms with van der Waals surface area (Å²) < 4.78 is 0. The second-order valence-corrected chi connectivity index (χ2v) is 5.04. The number of hydrogen-bond acceptors (Lipinski definition) is 2. The van der Waals surface area contributed by atoms with E-state index < -0.39 is 0 Å². The van der Waals surface area contributed by atoms with Crippen LogP contribution in [0.1, 0.15) is 28.3 Å². The molecule has 94 valence electrons. The number of hydrogen-bond donors (Lipinski definition) is 1. The van der Waals surface area contributed by atoms with Crippen molar-refractivity contribution in [3.63, 3.8) is 0 Å². The first-order valence-corrected chi connectivity index (χ1v) is 6.37. The maximum absolute atomic E-state index is 6.23. The molecule has 2 nitrogen and oxygen atoms in total. The van der Waals surface area contributed by atoms with Crippen molar-refractivity contribution in [1.29, 1.82) is 0 Å². The van der Waals surface area contributed by atoms with Gasteiger partial charge in [0.15, 0.2) is 0 Å². The van der Waals surface area contributed by atoms with Crippen molar-refractivity contribution in [3.8, 4) is 0 Å². The number of halogens is 1. The third-order valence-electron chi connectivity index (χ3n) is 3.15. The van der Waals surface area contributed by atoms with Gasteiger partial charge in [0.2, 0.25) is 0 Å². The summed E-state index contributed by atoms with van der Waals surface area (Å²) in [6.45, 7) is 4.20. The van der Waals surface area contributed by atoms with Crippen molar-refractivity contribution in [2.45, 2.75) is 26.3 Å². The molecule has 1 aromatic heterocycles. The molecule has 3 heteroatoms. The number of nitrogens with zero attached hydrogens (tertiary/aromatic N) is 1. The van der Waals surface area contributed by atoms with Crippen molar-refractivity contribution < 1.29 is 0 Å². The third-order valence-corrected chi connectivity index (χ3v) is 3.46. The molecule has 0 aliphatic rings. The Labute approximate surface area is 113 Å². The fourth-order valence-corrected chi connectivity index (χ4v) is 2.31. The predicted molar refractivity (Wildman–Crippen MR) is 75.8 cm³/mol. The van der Waals surface area contributed by atoms with Gasteiger partial charge in [-0.2, -0.15) is 0 Å². The average Bonchev–Trinajstić information content (AvgIpc) is 2.34. The molecule has 0 bridgehead atoms. The normalized spacial score (nSPS) is 12.4. The monoisotopic (exact) mass is 260 g/mol. The number of rotatable bonds is 3. The van der Waals surface area contributed by atoms with Gasteiger partial charge >= 0.3 is 0 Å². The molecule has 0 spiro atoms. The summed E-state index contributed by atoms with van der Waals surface area (Å²) in [4.78, 5) is 3.98. The predicted octanol–water partition coefficient (Wildman–Crippen LogP) is 3.59. The maximum Gasteiger partial charge on any atom is 0.0637 e. The molecule has 2 aromatic rings. The maximum atomic E-state index is 6.23. The first kappa shape index (κ1) is 13.1. The van der Waals surface area contributed by atoms with E-state index in [1.807, 2.05) is 6.07 Å². The highest BCUT2D eigenvalue weighted by atomic mass is 35.5. The van der Waals surface area contributed by atoms with E-state index in [1.54, 1.807) is 12.4 Å². The van der Waals surface area contributed by atoms with Crippen LogP contribution in [0.2, 0.25) is 5.02 Å². The van der Waals surface area contributed by atoms with Crippen molar-refractivity contribution >= 4 is 11.6 Å². The van der Waals surface area contributed by atoms with Crippen LogP contribution in [0.15, 0.2) is 36.7 Å².